The Kier molecular flexibility index (Phi) is 4.99. The van der Waals surface area contributed by atoms with E-state index in [1.165, 1.54) is 6.07 Å². The minimum atomic E-state index is -1.54. The van der Waals surface area contributed by atoms with Crippen LogP contribution in [0.25, 0.3) is 0 Å². The summed E-state index contributed by atoms with van der Waals surface area (Å²) in [6, 6.07) is 6.38. The van der Waals surface area contributed by atoms with Crippen molar-refractivity contribution in [3.8, 4) is 5.75 Å². The zero-order chi connectivity index (χ0) is 12.8. The molecule has 5 nitrogen and oxygen atoms in total. The van der Waals surface area contributed by atoms with Crippen LogP contribution < -0.4 is 15.5 Å². The van der Waals surface area contributed by atoms with E-state index in [-0.39, 0.29) is 18.6 Å². The monoisotopic (exact) mass is 237 g/mol. The third kappa shape index (κ3) is 4.88. The Morgan fingerprint density at radius 2 is 2.18 bits per heavy atom. The number of hydrogen-bond acceptors (Lipinski definition) is 4. The van der Waals surface area contributed by atoms with Gasteiger partial charge >= 0.3 is 7.12 Å². The van der Waals surface area contributed by atoms with Gasteiger partial charge in [0.05, 0.1) is 0 Å². The van der Waals surface area contributed by atoms with Crippen molar-refractivity contribution in [3.63, 3.8) is 0 Å². The van der Waals surface area contributed by atoms with E-state index in [1.54, 1.807) is 18.2 Å². The molecule has 0 saturated carbocycles. The van der Waals surface area contributed by atoms with Crippen molar-refractivity contribution >= 4 is 18.5 Å². The molecule has 0 atom stereocenters. The normalized spacial score (nSPS) is 10.2. The van der Waals surface area contributed by atoms with Crippen molar-refractivity contribution in [2.24, 2.45) is 0 Å². The molecule has 0 radical (unpaired) electrons. The average Bonchev–Trinajstić information content (AvgIpc) is 2.26. The number of carbonyl (C=O) groups is 1. The van der Waals surface area contributed by atoms with Crippen LogP contribution in [0.4, 0.5) is 0 Å². The standard InChI is InChI=1S/C11H16BNO4/c1-8(2)13-11(14)7-17-10-5-3-4-9(6-10)12(15)16/h3-6,8,15-16H,7H2,1-2H3,(H,13,14). The third-order valence-electron chi connectivity index (χ3n) is 1.98. The lowest BCUT2D eigenvalue weighted by molar-refractivity contribution is -0.123. The summed E-state index contributed by atoms with van der Waals surface area (Å²) in [6.45, 7) is 3.63. The first-order chi connectivity index (χ1) is 7.99. The molecule has 1 rings (SSSR count). The van der Waals surface area contributed by atoms with Crippen molar-refractivity contribution < 1.29 is 19.6 Å². The Labute approximate surface area is 101 Å². The van der Waals surface area contributed by atoms with Gasteiger partial charge in [-0.15, -0.1) is 0 Å². The predicted octanol–water partition coefficient (Wildman–Crippen LogP) is -0.730. The van der Waals surface area contributed by atoms with Crippen molar-refractivity contribution in [2.75, 3.05) is 6.61 Å². The minimum Gasteiger partial charge on any atom is -0.484 e. The Bertz CT molecular complexity index is 381. The molecule has 1 amide bonds. The first kappa shape index (κ1) is 13.5. The van der Waals surface area contributed by atoms with E-state index in [0.29, 0.717) is 11.2 Å². The van der Waals surface area contributed by atoms with Crippen LogP contribution >= 0.6 is 0 Å². The van der Waals surface area contributed by atoms with E-state index in [4.69, 9.17) is 14.8 Å². The smallest absolute Gasteiger partial charge is 0.484 e. The Morgan fingerprint density at radius 1 is 1.47 bits per heavy atom. The molecule has 0 fully saturated rings. The summed E-state index contributed by atoms with van der Waals surface area (Å²) in [7, 11) is -1.54. The summed E-state index contributed by atoms with van der Waals surface area (Å²) in [5.74, 6) is 0.212. The van der Waals surface area contributed by atoms with Crippen LogP contribution in [0.2, 0.25) is 0 Å². The van der Waals surface area contributed by atoms with Gasteiger partial charge < -0.3 is 20.1 Å². The van der Waals surface area contributed by atoms with E-state index in [9.17, 15) is 4.79 Å². The molecule has 6 heteroatoms. The van der Waals surface area contributed by atoms with E-state index < -0.39 is 7.12 Å². The van der Waals surface area contributed by atoms with Crippen LogP contribution in [0.3, 0.4) is 0 Å². The lowest BCUT2D eigenvalue weighted by Gasteiger charge is -2.10. The molecular formula is C11H16BNO4. The van der Waals surface area contributed by atoms with Gasteiger partial charge in [0.1, 0.15) is 5.75 Å². The fraction of sp³-hybridized carbons (Fsp3) is 0.364. The highest BCUT2D eigenvalue weighted by Crippen LogP contribution is 2.07. The van der Waals surface area contributed by atoms with Crippen molar-refractivity contribution in [1.82, 2.24) is 5.32 Å². The second kappa shape index (κ2) is 6.27. The van der Waals surface area contributed by atoms with Crippen LogP contribution in [0, 0.1) is 0 Å². The number of carbonyl (C=O) groups excluding carboxylic acids is 1. The maximum Gasteiger partial charge on any atom is 0.488 e. The van der Waals surface area contributed by atoms with Crippen molar-refractivity contribution in [3.05, 3.63) is 24.3 Å². The van der Waals surface area contributed by atoms with Gasteiger partial charge in [0.15, 0.2) is 6.61 Å². The van der Waals surface area contributed by atoms with Crippen LogP contribution in [-0.2, 0) is 4.79 Å². The van der Waals surface area contributed by atoms with Gasteiger partial charge in [-0.2, -0.15) is 0 Å². The molecule has 17 heavy (non-hydrogen) atoms. The van der Waals surface area contributed by atoms with Gasteiger partial charge in [-0.3, -0.25) is 4.79 Å². The molecule has 0 aliphatic carbocycles. The largest absolute Gasteiger partial charge is 0.488 e. The molecule has 1 aromatic carbocycles. The van der Waals surface area contributed by atoms with E-state index in [0.717, 1.165) is 0 Å². The van der Waals surface area contributed by atoms with Crippen LogP contribution in [0.5, 0.6) is 5.75 Å². The fourth-order valence-electron chi connectivity index (χ4n) is 1.28. The highest BCUT2D eigenvalue weighted by molar-refractivity contribution is 6.58. The molecule has 0 spiro atoms. The first-order valence-corrected chi connectivity index (χ1v) is 5.37. The van der Waals surface area contributed by atoms with Gasteiger partial charge in [0.25, 0.3) is 5.91 Å². The summed E-state index contributed by atoms with van der Waals surface area (Å²) in [5, 5.41) is 20.6. The fourth-order valence-corrected chi connectivity index (χ4v) is 1.28. The van der Waals surface area contributed by atoms with Crippen LogP contribution in [-0.4, -0.2) is 35.7 Å². The molecule has 1 aromatic rings. The molecule has 92 valence electrons. The molecule has 0 saturated heterocycles. The number of nitrogens with one attached hydrogen (secondary N) is 1. The highest BCUT2D eigenvalue weighted by Gasteiger charge is 2.11. The minimum absolute atomic E-state index is 0.0664. The van der Waals surface area contributed by atoms with Crippen molar-refractivity contribution in [1.29, 1.82) is 0 Å². The summed E-state index contributed by atoms with van der Waals surface area (Å²) in [4.78, 5) is 11.3. The average molecular weight is 237 g/mol. The second-order valence-electron chi connectivity index (χ2n) is 3.96. The predicted molar refractivity (Wildman–Crippen MR) is 65.0 cm³/mol. The number of benzene rings is 1. The Morgan fingerprint density at radius 3 is 2.76 bits per heavy atom. The summed E-state index contributed by atoms with van der Waals surface area (Å²) in [6.07, 6.45) is 0. The molecule has 0 bridgehead atoms. The maximum absolute atomic E-state index is 11.3. The van der Waals surface area contributed by atoms with Gasteiger partial charge in [-0.25, -0.2) is 0 Å². The van der Waals surface area contributed by atoms with Gasteiger partial charge in [0.2, 0.25) is 0 Å². The molecule has 3 N–H and O–H groups in total. The number of ether oxygens (including phenoxy) is 1. The maximum atomic E-state index is 11.3. The SMILES string of the molecule is CC(C)NC(=O)COc1cccc(B(O)O)c1. The summed E-state index contributed by atoms with van der Waals surface area (Å²) < 4.78 is 5.23. The number of hydrogen-bond donors (Lipinski definition) is 3. The van der Waals surface area contributed by atoms with Gasteiger partial charge in [0, 0.05) is 6.04 Å². The van der Waals surface area contributed by atoms with E-state index in [2.05, 4.69) is 5.32 Å². The van der Waals surface area contributed by atoms with E-state index in [1.807, 2.05) is 13.8 Å². The van der Waals surface area contributed by atoms with Gasteiger partial charge in [-0.1, -0.05) is 12.1 Å². The number of amides is 1. The lowest BCUT2D eigenvalue weighted by Crippen LogP contribution is -2.34. The summed E-state index contributed by atoms with van der Waals surface area (Å²) in [5.41, 5.74) is 0.326. The zero-order valence-corrected chi connectivity index (χ0v) is 9.88. The zero-order valence-electron chi connectivity index (χ0n) is 9.88. The molecule has 0 unspecified atom stereocenters. The van der Waals surface area contributed by atoms with Crippen LogP contribution in [0.15, 0.2) is 24.3 Å². The first-order valence-electron chi connectivity index (χ1n) is 5.37. The van der Waals surface area contributed by atoms with Gasteiger partial charge in [-0.05, 0) is 31.4 Å². The molecule has 0 aromatic heterocycles. The molecule has 0 aliphatic rings. The third-order valence-corrected chi connectivity index (χ3v) is 1.98. The quantitative estimate of drug-likeness (QED) is 0.590. The topological polar surface area (TPSA) is 78.8 Å². The lowest BCUT2D eigenvalue weighted by atomic mass is 9.80. The number of rotatable bonds is 5. The second-order valence-corrected chi connectivity index (χ2v) is 3.96. The van der Waals surface area contributed by atoms with Crippen LogP contribution in [0.1, 0.15) is 13.8 Å². The highest BCUT2D eigenvalue weighted by atomic mass is 16.5. The molecule has 0 heterocycles. The summed E-state index contributed by atoms with van der Waals surface area (Å²) >= 11 is 0. The molecular weight excluding hydrogens is 221 g/mol. The van der Waals surface area contributed by atoms with E-state index >= 15 is 0 Å². The van der Waals surface area contributed by atoms with Crippen molar-refractivity contribution in [2.45, 2.75) is 19.9 Å². The molecule has 0 aliphatic heterocycles. The Hall–Kier alpha value is -1.53. The Balaban J connectivity index is 2.52.